The maximum Gasteiger partial charge on any atom is 0.259 e. The third-order valence-electron chi connectivity index (χ3n) is 4.59. The molecule has 4 rings (SSSR count). The Labute approximate surface area is 177 Å². The van der Waals surface area contributed by atoms with Crippen LogP contribution in [0.4, 0.5) is 5.69 Å². The molecule has 0 atom stereocenters. The van der Waals surface area contributed by atoms with Crippen LogP contribution < -0.4 is 10.6 Å². The zero-order valence-electron chi connectivity index (χ0n) is 16.6. The van der Waals surface area contributed by atoms with Crippen molar-refractivity contribution in [3.8, 4) is 10.6 Å². The number of aromatic nitrogens is 2. The van der Waals surface area contributed by atoms with Gasteiger partial charge in [0.15, 0.2) is 0 Å². The lowest BCUT2D eigenvalue weighted by Crippen LogP contribution is -2.25. The minimum atomic E-state index is -0.359. The number of nitrogens with one attached hydrogen (secondary N) is 2. The maximum atomic E-state index is 13.3. The quantitative estimate of drug-likeness (QED) is 0.473. The van der Waals surface area contributed by atoms with Crippen LogP contribution in [-0.2, 0) is 0 Å². The van der Waals surface area contributed by atoms with Crippen molar-refractivity contribution < 1.29 is 14.1 Å². The van der Waals surface area contributed by atoms with Crippen LogP contribution in [0.3, 0.4) is 0 Å². The first-order valence-electron chi connectivity index (χ1n) is 9.58. The number of para-hydroxylation sites is 1. The first-order valence-corrected chi connectivity index (χ1v) is 10.5. The minimum Gasteiger partial charge on any atom is -0.352 e. The molecule has 0 bridgehead atoms. The molecule has 7 nitrogen and oxygen atoms in total. The fourth-order valence-electron chi connectivity index (χ4n) is 3.14. The van der Waals surface area contributed by atoms with Gasteiger partial charge in [-0.05, 0) is 43.0 Å². The summed E-state index contributed by atoms with van der Waals surface area (Å²) in [5.74, 6) is -0.588. The van der Waals surface area contributed by atoms with Crippen LogP contribution in [0.1, 0.15) is 39.8 Å². The van der Waals surface area contributed by atoms with E-state index in [4.69, 9.17) is 4.52 Å². The third kappa shape index (κ3) is 3.81. The number of nitrogens with zero attached hydrogens (tertiary/aromatic N) is 2. The van der Waals surface area contributed by atoms with Crippen LogP contribution in [0.15, 0.2) is 52.4 Å². The Morgan fingerprint density at radius 2 is 1.93 bits per heavy atom. The zero-order valence-corrected chi connectivity index (χ0v) is 17.4. The Balaban J connectivity index is 1.73. The molecule has 0 aliphatic heterocycles. The van der Waals surface area contributed by atoms with Gasteiger partial charge in [-0.25, -0.2) is 4.98 Å². The molecule has 3 heterocycles. The molecular formula is C22H20N4O3S. The van der Waals surface area contributed by atoms with E-state index in [-0.39, 0.29) is 11.8 Å². The number of fused-ring (bicyclic) bond motifs is 1. The lowest BCUT2D eigenvalue weighted by atomic mass is 10.1. The van der Waals surface area contributed by atoms with Gasteiger partial charge in [-0.3, -0.25) is 9.59 Å². The molecular weight excluding hydrogens is 400 g/mol. The predicted molar refractivity (Wildman–Crippen MR) is 117 cm³/mol. The number of pyridine rings is 1. The van der Waals surface area contributed by atoms with E-state index >= 15 is 0 Å². The Hall–Kier alpha value is -3.52. The topological polar surface area (TPSA) is 97.1 Å². The van der Waals surface area contributed by atoms with Crippen molar-refractivity contribution in [2.24, 2.45) is 0 Å². The Morgan fingerprint density at radius 1 is 1.10 bits per heavy atom. The number of carbonyl (C=O) groups excluding carboxylic acids is 2. The highest BCUT2D eigenvalue weighted by molar-refractivity contribution is 7.13. The van der Waals surface area contributed by atoms with Crippen LogP contribution in [0.5, 0.6) is 0 Å². The fourth-order valence-corrected chi connectivity index (χ4v) is 3.82. The van der Waals surface area contributed by atoms with Crippen molar-refractivity contribution >= 4 is 39.9 Å². The van der Waals surface area contributed by atoms with Gasteiger partial charge in [-0.2, -0.15) is 0 Å². The van der Waals surface area contributed by atoms with Crippen molar-refractivity contribution in [2.75, 3.05) is 11.9 Å². The van der Waals surface area contributed by atoms with E-state index < -0.39 is 0 Å². The summed E-state index contributed by atoms with van der Waals surface area (Å²) < 4.78 is 5.33. The summed E-state index contributed by atoms with van der Waals surface area (Å²) in [6.45, 7) is 4.31. The number of anilines is 1. The molecule has 0 aliphatic carbocycles. The van der Waals surface area contributed by atoms with E-state index in [2.05, 4.69) is 20.8 Å². The molecule has 0 radical (unpaired) electrons. The van der Waals surface area contributed by atoms with E-state index in [1.807, 2.05) is 24.4 Å². The lowest BCUT2D eigenvalue weighted by molar-refractivity contribution is 0.0954. The molecule has 0 saturated heterocycles. The second kappa shape index (κ2) is 8.46. The summed E-state index contributed by atoms with van der Waals surface area (Å²) in [5.41, 5.74) is 2.75. The minimum absolute atomic E-state index is 0.229. The first-order chi connectivity index (χ1) is 14.6. The van der Waals surface area contributed by atoms with Gasteiger partial charge in [0, 0.05) is 6.54 Å². The predicted octanol–water partition coefficient (Wildman–Crippen LogP) is 4.65. The molecule has 0 aliphatic rings. The molecule has 8 heteroatoms. The summed E-state index contributed by atoms with van der Waals surface area (Å²) in [5, 5.41) is 12.2. The number of thiophene rings is 1. The van der Waals surface area contributed by atoms with Gasteiger partial charge < -0.3 is 15.2 Å². The van der Waals surface area contributed by atoms with Crippen molar-refractivity contribution in [1.82, 2.24) is 15.5 Å². The van der Waals surface area contributed by atoms with Gasteiger partial charge in [0.1, 0.15) is 0 Å². The van der Waals surface area contributed by atoms with Crippen molar-refractivity contribution in [3.05, 3.63) is 64.7 Å². The highest BCUT2D eigenvalue weighted by Gasteiger charge is 2.21. The summed E-state index contributed by atoms with van der Waals surface area (Å²) in [6.07, 6.45) is 0.827. The Morgan fingerprint density at radius 3 is 2.70 bits per heavy atom. The van der Waals surface area contributed by atoms with Gasteiger partial charge in [-0.15, -0.1) is 11.3 Å². The smallest absolute Gasteiger partial charge is 0.259 e. The molecule has 3 aromatic heterocycles. The number of hydrogen-bond acceptors (Lipinski definition) is 6. The van der Waals surface area contributed by atoms with Gasteiger partial charge in [0.05, 0.1) is 38.5 Å². The van der Waals surface area contributed by atoms with Crippen LogP contribution in [0.2, 0.25) is 0 Å². The molecule has 0 fully saturated rings. The molecule has 152 valence electrons. The largest absolute Gasteiger partial charge is 0.352 e. The molecule has 2 amide bonds. The summed E-state index contributed by atoms with van der Waals surface area (Å²) in [7, 11) is 0. The average Bonchev–Trinajstić information content (AvgIpc) is 3.42. The maximum absolute atomic E-state index is 13.3. The number of carbonyl (C=O) groups is 2. The third-order valence-corrected chi connectivity index (χ3v) is 5.48. The number of aryl methyl sites for hydroxylation is 1. The standard InChI is InChI=1S/C22H20N4O3S/c1-3-10-23-20(27)14-7-4-5-8-16(14)24-21(28)15-12-17(18-9-6-11-30-18)25-22-19(15)13(2)26-29-22/h4-9,11-12H,3,10H2,1-2H3,(H,23,27)(H,24,28). The average molecular weight is 420 g/mol. The van der Waals surface area contributed by atoms with Crippen LogP contribution >= 0.6 is 11.3 Å². The van der Waals surface area contributed by atoms with Gasteiger partial charge >= 0.3 is 0 Å². The highest BCUT2D eigenvalue weighted by Crippen LogP contribution is 2.30. The van der Waals surface area contributed by atoms with Gasteiger partial charge in [0.2, 0.25) is 0 Å². The van der Waals surface area contributed by atoms with Crippen molar-refractivity contribution in [3.63, 3.8) is 0 Å². The summed E-state index contributed by atoms with van der Waals surface area (Å²) in [4.78, 5) is 31.2. The molecule has 30 heavy (non-hydrogen) atoms. The second-order valence-electron chi connectivity index (χ2n) is 6.74. The molecule has 0 saturated carbocycles. The van der Waals surface area contributed by atoms with Gasteiger partial charge in [0.25, 0.3) is 17.5 Å². The molecule has 0 spiro atoms. The van der Waals surface area contributed by atoms with E-state index in [1.165, 1.54) is 11.3 Å². The first kappa shape index (κ1) is 19.8. The van der Waals surface area contributed by atoms with E-state index in [0.29, 0.717) is 45.8 Å². The number of hydrogen-bond donors (Lipinski definition) is 2. The molecule has 1 aromatic carbocycles. The monoisotopic (exact) mass is 420 g/mol. The number of rotatable bonds is 6. The highest BCUT2D eigenvalue weighted by atomic mass is 32.1. The van der Waals surface area contributed by atoms with Crippen molar-refractivity contribution in [2.45, 2.75) is 20.3 Å². The molecule has 2 N–H and O–H groups in total. The molecule has 0 unspecified atom stereocenters. The van der Waals surface area contributed by atoms with E-state index in [0.717, 1.165) is 11.3 Å². The molecule has 4 aromatic rings. The van der Waals surface area contributed by atoms with Gasteiger partial charge in [-0.1, -0.05) is 30.3 Å². The zero-order chi connectivity index (χ0) is 21.1. The lowest BCUT2D eigenvalue weighted by Gasteiger charge is -2.12. The Bertz CT molecular complexity index is 1210. The number of amides is 2. The Kier molecular flexibility index (Phi) is 5.58. The number of benzene rings is 1. The SMILES string of the molecule is CCCNC(=O)c1ccccc1NC(=O)c1cc(-c2cccs2)nc2onc(C)c12. The summed E-state index contributed by atoms with van der Waals surface area (Å²) >= 11 is 1.52. The van der Waals surface area contributed by atoms with Crippen LogP contribution in [0, 0.1) is 6.92 Å². The normalized spacial score (nSPS) is 10.9. The van der Waals surface area contributed by atoms with Crippen LogP contribution in [0.25, 0.3) is 21.7 Å². The van der Waals surface area contributed by atoms with Crippen LogP contribution in [-0.4, -0.2) is 28.5 Å². The van der Waals surface area contributed by atoms with E-state index in [9.17, 15) is 9.59 Å². The fraction of sp³-hybridized carbons (Fsp3) is 0.182. The van der Waals surface area contributed by atoms with E-state index in [1.54, 1.807) is 37.3 Å². The van der Waals surface area contributed by atoms with Crippen molar-refractivity contribution in [1.29, 1.82) is 0 Å². The second-order valence-corrected chi connectivity index (χ2v) is 7.68. The summed E-state index contributed by atoms with van der Waals surface area (Å²) in [6, 6.07) is 12.5.